The van der Waals surface area contributed by atoms with Crippen molar-refractivity contribution in [2.75, 3.05) is 7.11 Å². The maximum absolute atomic E-state index is 11.9. The van der Waals surface area contributed by atoms with Crippen LogP contribution in [0.5, 0.6) is 0 Å². The van der Waals surface area contributed by atoms with Crippen LogP contribution in [0.1, 0.15) is 38.3 Å². The highest BCUT2D eigenvalue weighted by Crippen LogP contribution is 2.25. The highest BCUT2D eigenvalue weighted by atomic mass is 16.5. The molecule has 0 bridgehead atoms. The third kappa shape index (κ3) is 3.80. The molecule has 0 aromatic carbocycles. The number of nitrogens with zero attached hydrogens (tertiary/aromatic N) is 2. The lowest BCUT2D eigenvalue weighted by atomic mass is 9.95. The SMILES string of the molecule is COC(=O)C(C)(CCCn1ccc(C)n1)NC1CC1. The Morgan fingerprint density at radius 3 is 2.89 bits per heavy atom. The summed E-state index contributed by atoms with van der Waals surface area (Å²) in [6.45, 7) is 4.74. The largest absolute Gasteiger partial charge is 0.468 e. The molecule has 5 nitrogen and oxygen atoms in total. The Bertz CT molecular complexity index is 440. The van der Waals surface area contributed by atoms with Crippen molar-refractivity contribution in [2.24, 2.45) is 0 Å². The molecule has 19 heavy (non-hydrogen) atoms. The zero-order valence-corrected chi connectivity index (χ0v) is 12.0. The zero-order valence-electron chi connectivity index (χ0n) is 12.0. The van der Waals surface area contributed by atoms with Crippen LogP contribution < -0.4 is 5.32 Å². The summed E-state index contributed by atoms with van der Waals surface area (Å²) >= 11 is 0. The number of methoxy groups -OCH3 is 1. The molecular formula is C14H23N3O2. The van der Waals surface area contributed by atoms with Crippen LogP contribution in [0.2, 0.25) is 0 Å². The van der Waals surface area contributed by atoms with Gasteiger partial charge < -0.3 is 4.74 Å². The summed E-state index contributed by atoms with van der Waals surface area (Å²) < 4.78 is 6.85. The minimum Gasteiger partial charge on any atom is -0.468 e. The Kier molecular flexibility index (Phi) is 4.24. The zero-order chi connectivity index (χ0) is 13.9. The third-order valence-corrected chi connectivity index (χ3v) is 3.57. The van der Waals surface area contributed by atoms with Crippen molar-refractivity contribution in [3.63, 3.8) is 0 Å². The molecule has 5 heteroatoms. The molecule has 1 saturated carbocycles. The predicted molar refractivity (Wildman–Crippen MR) is 72.8 cm³/mol. The summed E-state index contributed by atoms with van der Waals surface area (Å²) in [4.78, 5) is 11.9. The van der Waals surface area contributed by atoms with Gasteiger partial charge >= 0.3 is 5.97 Å². The molecular weight excluding hydrogens is 242 g/mol. The number of esters is 1. The number of carbonyl (C=O) groups excluding carboxylic acids is 1. The van der Waals surface area contributed by atoms with Crippen LogP contribution >= 0.6 is 0 Å². The van der Waals surface area contributed by atoms with Gasteiger partial charge in [-0.2, -0.15) is 5.10 Å². The quantitative estimate of drug-likeness (QED) is 0.762. The summed E-state index contributed by atoms with van der Waals surface area (Å²) in [7, 11) is 1.45. The van der Waals surface area contributed by atoms with E-state index >= 15 is 0 Å². The molecule has 1 aromatic rings. The molecule has 1 N–H and O–H groups in total. The third-order valence-electron chi connectivity index (χ3n) is 3.57. The molecule has 1 aliphatic rings. The van der Waals surface area contributed by atoms with Crippen molar-refractivity contribution in [2.45, 2.75) is 57.7 Å². The van der Waals surface area contributed by atoms with Gasteiger partial charge in [0.05, 0.1) is 12.8 Å². The Morgan fingerprint density at radius 2 is 2.37 bits per heavy atom. The van der Waals surface area contributed by atoms with Crippen LogP contribution in [-0.2, 0) is 16.1 Å². The average Bonchev–Trinajstić information content (AvgIpc) is 3.09. The molecule has 1 heterocycles. The second-order valence-electron chi connectivity index (χ2n) is 5.57. The summed E-state index contributed by atoms with van der Waals surface area (Å²) in [5, 5.41) is 7.75. The van der Waals surface area contributed by atoms with E-state index in [1.54, 1.807) is 0 Å². The van der Waals surface area contributed by atoms with Gasteiger partial charge in [-0.05, 0) is 45.6 Å². The number of hydrogen-bond acceptors (Lipinski definition) is 4. The Balaban J connectivity index is 1.86. The summed E-state index contributed by atoms with van der Waals surface area (Å²) in [6.07, 6.45) is 5.94. The molecule has 1 fully saturated rings. The van der Waals surface area contributed by atoms with Crippen molar-refractivity contribution < 1.29 is 9.53 Å². The molecule has 2 rings (SSSR count). The minimum atomic E-state index is -0.571. The Morgan fingerprint density at radius 1 is 1.63 bits per heavy atom. The van der Waals surface area contributed by atoms with Gasteiger partial charge in [0.1, 0.15) is 5.54 Å². The van der Waals surface area contributed by atoms with Crippen molar-refractivity contribution in [3.05, 3.63) is 18.0 Å². The van der Waals surface area contributed by atoms with E-state index in [2.05, 4.69) is 10.4 Å². The summed E-state index contributed by atoms with van der Waals surface area (Å²) in [5.74, 6) is -0.170. The molecule has 0 spiro atoms. The average molecular weight is 265 g/mol. The van der Waals surface area contributed by atoms with E-state index in [0.29, 0.717) is 6.04 Å². The number of hydrogen-bond donors (Lipinski definition) is 1. The molecule has 1 aliphatic carbocycles. The number of nitrogens with one attached hydrogen (secondary N) is 1. The first-order valence-corrected chi connectivity index (χ1v) is 6.90. The summed E-state index contributed by atoms with van der Waals surface area (Å²) in [5.41, 5.74) is 0.449. The van der Waals surface area contributed by atoms with E-state index in [9.17, 15) is 4.79 Å². The fraction of sp³-hybridized carbons (Fsp3) is 0.714. The minimum absolute atomic E-state index is 0.170. The van der Waals surface area contributed by atoms with Gasteiger partial charge in [-0.15, -0.1) is 0 Å². The van der Waals surface area contributed by atoms with Gasteiger partial charge in [0, 0.05) is 18.8 Å². The van der Waals surface area contributed by atoms with E-state index in [1.165, 1.54) is 7.11 Å². The predicted octanol–water partition coefficient (Wildman–Crippen LogP) is 1.66. The van der Waals surface area contributed by atoms with E-state index in [1.807, 2.05) is 30.8 Å². The van der Waals surface area contributed by atoms with Gasteiger partial charge in [-0.1, -0.05) is 0 Å². The molecule has 0 amide bonds. The number of ether oxygens (including phenoxy) is 1. The topological polar surface area (TPSA) is 56.2 Å². The monoisotopic (exact) mass is 265 g/mol. The van der Waals surface area contributed by atoms with Gasteiger partial charge in [0.25, 0.3) is 0 Å². The van der Waals surface area contributed by atoms with Crippen molar-refractivity contribution in [3.8, 4) is 0 Å². The van der Waals surface area contributed by atoms with Crippen molar-refractivity contribution in [1.82, 2.24) is 15.1 Å². The second-order valence-corrected chi connectivity index (χ2v) is 5.57. The molecule has 1 unspecified atom stereocenters. The van der Waals surface area contributed by atoms with Crippen molar-refractivity contribution in [1.29, 1.82) is 0 Å². The van der Waals surface area contributed by atoms with E-state index in [0.717, 1.165) is 37.9 Å². The fourth-order valence-electron chi connectivity index (χ4n) is 2.32. The lowest BCUT2D eigenvalue weighted by Crippen LogP contribution is -2.51. The lowest BCUT2D eigenvalue weighted by Gasteiger charge is -2.28. The fourth-order valence-corrected chi connectivity index (χ4v) is 2.32. The normalized spacial score (nSPS) is 18.1. The highest BCUT2D eigenvalue weighted by Gasteiger charge is 2.38. The van der Waals surface area contributed by atoms with E-state index in [-0.39, 0.29) is 5.97 Å². The van der Waals surface area contributed by atoms with Crippen LogP contribution in [0.25, 0.3) is 0 Å². The maximum Gasteiger partial charge on any atom is 0.325 e. The number of carbonyl (C=O) groups is 1. The first kappa shape index (κ1) is 14.1. The van der Waals surface area contributed by atoms with Crippen LogP contribution in [0.15, 0.2) is 12.3 Å². The number of aryl methyl sites for hydroxylation is 2. The lowest BCUT2D eigenvalue weighted by molar-refractivity contribution is -0.148. The second kappa shape index (κ2) is 5.74. The first-order chi connectivity index (χ1) is 9.03. The molecule has 106 valence electrons. The van der Waals surface area contributed by atoms with Gasteiger partial charge in [-0.3, -0.25) is 14.8 Å². The number of aromatic nitrogens is 2. The number of rotatable bonds is 7. The Hall–Kier alpha value is -1.36. The van der Waals surface area contributed by atoms with Crippen LogP contribution in [0.3, 0.4) is 0 Å². The van der Waals surface area contributed by atoms with E-state index in [4.69, 9.17) is 4.74 Å². The first-order valence-electron chi connectivity index (χ1n) is 6.90. The van der Waals surface area contributed by atoms with Crippen molar-refractivity contribution >= 4 is 5.97 Å². The smallest absolute Gasteiger partial charge is 0.325 e. The molecule has 0 radical (unpaired) electrons. The molecule has 0 aliphatic heterocycles. The molecule has 1 aromatic heterocycles. The highest BCUT2D eigenvalue weighted by molar-refractivity contribution is 5.80. The summed E-state index contributed by atoms with van der Waals surface area (Å²) in [6, 6.07) is 2.47. The van der Waals surface area contributed by atoms with Crippen LogP contribution in [0, 0.1) is 6.92 Å². The van der Waals surface area contributed by atoms with Crippen LogP contribution in [0.4, 0.5) is 0 Å². The molecule has 0 saturated heterocycles. The van der Waals surface area contributed by atoms with Gasteiger partial charge in [0.2, 0.25) is 0 Å². The Labute approximate surface area is 114 Å². The van der Waals surface area contributed by atoms with Gasteiger partial charge in [-0.25, -0.2) is 0 Å². The maximum atomic E-state index is 11.9. The standard InChI is InChI=1S/C14H23N3O2/c1-11-7-10-17(16-11)9-4-8-14(2,13(18)19-3)15-12-5-6-12/h7,10,12,15H,4-6,8-9H2,1-3H3. The van der Waals surface area contributed by atoms with Gasteiger partial charge in [0.15, 0.2) is 0 Å². The molecule has 1 atom stereocenters. The van der Waals surface area contributed by atoms with Crippen LogP contribution in [-0.4, -0.2) is 34.4 Å². The van der Waals surface area contributed by atoms with E-state index < -0.39 is 5.54 Å².